The molecule has 0 bridgehead atoms. The number of pyridine rings is 1. The molecule has 0 atom stereocenters. The summed E-state index contributed by atoms with van der Waals surface area (Å²) in [5.74, 6) is 0.349. The van der Waals surface area contributed by atoms with Crippen molar-refractivity contribution in [2.24, 2.45) is 5.73 Å². The Hall–Kier alpha value is -1.50. The zero-order chi connectivity index (χ0) is 14.9. The van der Waals surface area contributed by atoms with E-state index in [1.807, 2.05) is 4.90 Å². The molecule has 1 heterocycles. The van der Waals surface area contributed by atoms with Gasteiger partial charge in [-0.2, -0.15) is 13.2 Å². The van der Waals surface area contributed by atoms with E-state index < -0.39 is 11.7 Å². The summed E-state index contributed by atoms with van der Waals surface area (Å²) in [5.41, 5.74) is 4.45. The second-order valence-electron chi connectivity index (χ2n) is 4.73. The van der Waals surface area contributed by atoms with Crippen molar-refractivity contribution in [3.63, 3.8) is 0 Å². The molecule has 2 rings (SSSR count). The smallest absolute Gasteiger partial charge is 0.388 e. The third kappa shape index (κ3) is 3.53. The number of amidine groups is 1. The summed E-state index contributed by atoms with van der Waals surface area (Å²) in [7, 11) is 0. The Kier molecular flexibility index (Phi) is 4.08. The van der Waals surface area contributed by atoms with Gasteiger partial charge >= 0.3 is 6.18 Å². The van der Waals surface area contributed by atoms with E-state index in [4.69, 9.17) is 22.7 Å². The van der Waals surface area contributed by atoms with Gasteiger partial charge in [-0.3, -0.25) is 5.41 Å². The number of nitrogens with zero attached hydrogens (tertiary/aromatic N) is 2. The van der Waals surface area contributed by atoms with Gasteiger partial charge in [0.2, 0.25) is 0 Å². The van der Waals surface area contributed by atoms with Crippen LogP contribution in [0.2, 0.25) is 5.02 Å². The van der Waals surface area contributed by atoms with Crippen LogP contribution in [0.15, 0.2) is 12.3 Å². The van der Waals surface area contributed by atoms with Crippen molar-refractivity contribution in [2.75, 3.05) is 11.4 Å². The Balaban J connectivity index is 2.23. The van der Waals surface area contributed by atoms with Crippen LogP contribution in [0.25, 0.3) is 0 Å². The van der Waals surface area contributed by atoms with E-state index in [0.29, 0.717) is 18.8 Å². The van der Waals surface area contributed by atoms with Crippen molar-refractivity contribution < 1.29 is 13.2 Å². The van der Waals surface area contributed by atoms with Crippen molar-refractivity contribution in [1.82, 2.24) is 4.98 Å². The SMILES string of the molecule is N=C(N)CCN(c1ncc(C(F)(F)F)cc1Cl)C1CC1. The third-order valence-corrected chi connectivity index (χ3v) is 3.31. The molecule has 1 aromatic rings. The minimum Gasteiger partial charge on any atom is -0.388 e. The van der Waals surface area contributed by atoms with E-state index in [0.717, 1.165) is 25.1 Å². The molecule has 110 valence electrons. The Bertz CT molecular complexity index is 514. The lowest BCUT2D eigenvalue weighted by atomic mass is 10.2. The molecule has 0 aliphatic heterocycles. The average molecular weight is 307 g/mol. The fourth-order valence-electron chi connectivity index (χ4n) is 1.89. The van der Waals surface area contributed by atoms with Crippen LogP contribution >= 0.6 is 11.6 Å². The van der Waals surface area contributed by atoms with Crippen LogP contribution < -0.4 is 10.6 Å². The third-order valence-electron chi connectivity index (χ3n) is 3.03. The predicted molar refractivity (Wildman–Crippen MR) is 71.1 cm³/mol. The van der Waals surface area contributed by atoms with Gasteiger partial charge < -0.3 is 10.6 Å². The van der Waals surface area contributed by atoms with Crippen molar-refractivity contribution in [2.45, 2.75) is 31.5 Å². The van der Waals surface area contributed by atoms with Crippen LogP contribution in [0.5, 0.6) is 0 Å². The standard InChI is InChI=1S/C12H14ClF3N4/c13-9-5-7(12(14,15)16)6-19-11(9)20(8-1-2-8)4-3-10(17)18/h5-6,8H,1-4H2,(H3,17,18). The molecule has 8 heteroatoms. The predicted octanol–water partition coefficient (Wildman–Crippen LogP) is 3.05. The zero-order valence-corrected chi connectivity index (χ0v) is 11.3. The molecule has 1 aliphatic carbocycles. The second kappa shape index (κ2) is 5.47. The molecule has 1 fully saturated rings. The molecule has 0 aromatic carbocycles. The maximum absolute atomic E-state index is 12.6. The zero-order valence-electron chi connectivity index (χ0n) is 10.5. The Morgan fingerprint density at radius 2 is 2.15 bits per heavy atom. The number of hydrogen-bond donors (Lipinski definition) is 2. The molecule has 1 saturated carbocycles. The van der Waals surface area contributed by atoms with E-state index in [-0.39, 0.29) is 16.9 Å². The normalized spacial score (nSPS) is 15.2. The van der Waals surface area contributed by atoms with Gasteiger partial charge in [0.15, 0.2) is 0 Å². The van der Waals surface area contributed by atoms with E-state index >= 15 is 0 Å². The second-order valence-corrected chi connectivity index (χ2v) is 5.13. The summed E-state index contributed by atoms with van der Waals surface area (Å²) in [5, 5.41) is 7.20. The monoisotopic (exact) mass is 306 g/mol. The Morgan fingerprint density at radius 1 is 1.50 bits per heavy atom. The highest BCUT2D eigenvalue weighted by atomic mass is 35.5. The molecule has 1 aromatic heterocycles. The topological polar surface area (TPSA) is 66.0 Å². The summed E-state index contributed by atoms with van der Waals surface area (Å²) in [6.07, 6.45) is -1.47. The number of aromatic nitrogens is 1. The van der Waals surface area contributed by atoms with Gasteiger partial charge in [-0.25, -0.2) is 4.98 Å². The van der Waals surface area contributed by atoms with Crippen LogP contribution in [-0.2, 0) is 6.18 Å². The first kappa shape index (κ1) is 14.9. The average Bonchev–Trinajstić information content (AvgIpc) is 3.13. The van der Waals surface area contributed by atoms with Gasteiger partial charge in [-0.05, 0) is 18.9 Å². The van der Waals surface area contributed by atoms with Gasteiger partial charge in [0.05, 0.1) is 16.4 Å². The summed E-state index contributed by atoms with van der Waals surface area (Å²) in [6.45, 7) is 0.429. The Labute approximate surface area is 119 Å². The van der Waals surface area contributed by atoms with Crippen LogP contribution in [-0.4, -0.2) is 23.4 Å². The van der Waals surface area contributed by atoms with E-state index in [9.17, 15) is 13.2 Å². The lowest BCUT2D eigenvalue weighted by molar-refractivity contribution is -0.137. The molecular weight excluding hydrogens is 293 g/mol. The van der Waals surface area contributed by atoms with Crippen LogP contribution in [0.3, 0.4) is 0 Å². The molecule has 0 saturated heterocycles. The van der Waals surface area contributed by atoms with Crippen molar-refractivity contribution in [1.29, 1.82) is 5.41 Å². The lowest BCUT2D eigenvalue weighted by Gasteiger charge is -2.24. The van der Waals surface area contributed by atoms with Gasteiger partial charge in [-0.15, -0.1) is 0 Å². The van der Waals surface area contributed by atoms with Crippen molar-refractivity contribution in [3.8, 4) is 0 Å². The number of hydrogen-bond acceptors (Lipinski definition) is 3. The van der Waals surface area contributed by atoms with E-state index in [1.54, 1.807) is 0 Å². The van der Waals surface area contributed by atoms with Crippen molar-refractivity contribution in [3.05, 3.63) is 22.8 Å². The molecule has 4 nitrogen and oxygen atoms in total. The fourth-order valence-corrected chi connectivity index (χ4v) is 2.16. The van der Waals surface area contributed by atoms with Crippen LogP contribution in [0.4, 0.5) is 19.0 Å². The minimum absolute atomic E-state index is 0.0266. The highest BCUT2D eigenvalue weighted by Crippen LogP contribution is 2.37. The van der Waals surface area contributed by atoms with Gasteiger partial charge in [-0.1, -0.05) is 11.6 Å². The van der Waals surface area contributed by atoms with Crippen LogP contribution in [0.1, 0.15) is 24.8 Å². The number of nitrogens with one attached hydrogen (secondary N) is 1. The van der Waals surface area contributed by atoms with Gasteiger partial charge in [0.1, 0.15) is 5.82 Å². The number of rotatable bonds is 5. The highest BCUT2D eigenvalue weighted by Gasteiger charge is 2.34. The molecule has 1 aliphatic rings. The summed E-state index contributed by atoms with van der Waals surface area (Å²) < 4.78 is 37.7. The quantitative estimate of drug-likeness (QED) is 0.649. The molecular formula is C12H14ClF3N4. The molecule has 3 N–H and O–H groups in total. The first-order valence-corrected chi connectivity index (χ1v) is 6.49. The maximum Gasteiger partial charge on any atom is 0.417 e. The molecule has 0 radical (unpaired) electrons. The summed E-state index contributed by atoms with van der Waals surface area (Å²) in [6, 6.07) is 1.10. The maximum atomic E-state index is 12.6. The molecule has 0 spiro atoms. The number of halogens is 4. The molecule has 20 heavy (non-hydrogen) atoms. The largest absolute Gasteiger partial charge is 0.417 e. The first-order chi connectivity index (χ1) is 9.29. The van der Waals surface area contributed by atoms with E-state index in [1.165, 1.54) is 0 Å². The summed E-state index contributed by atoms with van der Waals surface area (Å²) >= 11 is 5.93. The van der Waals surface area contributed by atoms with Crippen LogP contribution in [0, 0.1) is 5.41 Å². The Morgan fingerprint density at radius 3 is 2.60 bits per heavy atom. The lowest BCUT2D eigenvalue weighted by Crippen LogP contribution is -2.31. The number of anilines is 1. The van der Waals surface area contributed by atoms with Crippen molar-refractivity contribution >= 4 is 23.3 Å². The van der Waals surface area contributed by atoms with Gasteiger partial charge in [0, 0.05) is 25.2 Å². The number of alkyl halides is 3. The molecule has 0 unspecified atom stereocenters. The summed E-state index contributed by atoms with van der Waals surface area (Å²) in [4.78, 5) is 5.67. The highest BCUT2D eigenvalue weighted by molar-refractivity contribution is 6.33. The number of nitrogens with two attached hydrogens (primary N) is 1. The minimum atomic E-state index is -4.46. The van der Waals surface area contributed by atoms with E-state index in [2.05, 4.69) is 4.98 Å². The molecule has 0 amide bonds. The van der Waals surface area contributed by atoms with Gasteiger partial charge in [0.25, 0.3) is 0 Å². The first-order valence-electron chi connectivity index (χ1n) is 6.11. The fraction of sp³-hybridized carbons (Fsp3) is 0.500.